The average Bonchev–Trinajstić information content (AvgIpc) is 3.31. The number of rotatable bonds is 8. The number of carbonyl (C=O) groups is 1. The first-order chi connectivity index (χ1) is 16.5. The Morgan fingerprint density at radius 1 is 1.03 bits per heavy atom. The van der Waals surface area contributed by atoms with Crippen LogP contribution in [0.4, 0.5) is 0 Å². The third-order valence-electron chi connectivity index (χ3n) is 6.21. The van der Waals surface area contributed by atoms with Crippen molar-refractivity contribution in [1.29, 1.82) is 0 Å². The van der Waals surface area contributed by atoms with E-state index in [1.807, 2.05) is 53.4 Å². The molecule has 0 spiro atoms. The average molecular weight is 480 g/mol. The van der Waals surface area contributed by atoms with E-state index in [1.165, 1.54) is 0 Å². The zero-order chi connectivity index (χ0) is 24.1. The van der Waals surface area contributed by atoms with E-state index in [9.17, 15) is 4.79 Å². The third-order valence-corrected chi connectivity index (χ3v) is 7.19. The van der Waals surface area contributed by atoms with Gasteiger partial charge in [-0.1, -0.05) is 62.9 Å². The lowest BCUT2D eigenvalue weighted by molar-refractivity contribution is 0.0642. The SMILES string of the molecule is CCN1CCN(C(=O)c2ccccc2CSc2nnc(C(C)C)n2-c2ccccc2OC)CC1. The Kier molecular flexibility index (Phi) is 7.90. The van der Waals surface area contributed by atoms with Gasteiger partial charge in [0.2, 0.25) is 0 Å². The summed E-state index contributed by atoms with van der Waals surface area (Å²) in [5, 5.41) is 9.77. The molecule has 1 amide bonds. The number of para-hydroxylation sites is 2. The van der Waals surface area contributed by atoms with Gasteiger partial charge in [0.1, 0.15) is 11.6 Å². The molecule has 0 bridgehead atoms. The summed E-state index contributed by atoms with van der Waals surface area (Å²) in [5.74, 6) is 2.59. The number of hydrogen-bond donors (Lipinski definition) is 0. The maximum atomic E-state index is 13.3. The van der Waals surface area contributed by atoms with Gasteiger partial charge in [-0.15, -0.1) is 10.2 Å². The molecule has 4 rings (SSSR count). The summed E-state index contributed by atoms with van der Waals surface area (Å²) < 4.78 is 7.69. The number of nitrogens with zero attached hydrogens (tertiary/aromatic N) is 5. The van der Waals surface area contributed by atoms with Gasteiger partial charge in [0.15, 0.2) is 5.16 Å². The quantitative estimate of drug-likeness (QED) is 0.444. The van der Waals surface area contributed by atoms with Crippen LogP contribution in [0.15, 0.2) is 53.7 Å². The number of likely N-dealkylation sites (N-methyl/N-ethyl adjacent to an activating group) is 1. The van der Waals surface area contributed by atoms with E-state index in [0.29, 0.717) is 5.75 Å². The van der Waals surface area contributed by atoms with Crippen molar-refractivity contribution in [3.8, 4) is 11.4 Å². The van der Waals surface area contributed by atoms with Gasteiger partial charge in [-0.2, -0.15) is 0 Å². The molecule has 1 fully saturated rings. The number of methoxy groups -OCH3 is 1. The highest BCUT2D eigenvalue weighted by atomic mass is 32.2. The predicted molar refractivity (Wildman–Crippen MR) is 136 cm³/mol. The monoisotopic (exact) mass is 479 g/mol. The maximum absolute atomic E-state index is 13.3. The lowest BCUT2D eigenvalue weighted by Crippen LogP contribution is -2.48. The van der Waals surface area contributed by atoms with Crippen molar-refractivity contribution in [3.05, 3.63) is 65.5 Å². The van der Waals surface area contributed by atoms with Crippen LogP contribution in [0.25, 0.3) is 5.69 Å². The van der Waals surface area contributed by atoms with E-state index in [4.69, 9.17) is 4.74 Å². The molecule has 0 unspecified atom stereocenters. The molecule has 2 heterocycles. The Labute approximate surface area is 206 Å². The van der Waals surface area contributed by atoms with Crippen LogP contribution in [0.5, 0.6) is 5.75 Å². The number of hydrogen-bond acceptors (Lipinski definition) is 6. The molecule has 1 aromatic heterocycles. The lowest BCUT2D eigenvalue weighted by atomic mass is 10.1. The summed E-state index contributed by atoms with van der Waals surface area (Å²) in [6.45, 7) is 10.8. The number of carbonyl (C=O) groups excluding carboxylic acids is 1. The van der Waals surface area contributed by atoms with Crippen LogP contribution >= 0.6 is 11.8 Å². The number of piperazine rings is 1. The highest BCUT2D eigenvalue weighted by Crippen LogP contribution is 2.32. The zero-order valence-corrected chi connectivity index (χ0v) is 21.2. The third kappa shape index (κ3) is 5.13. The van der Waals surface area contributed by atoms with Gasteiger partial charge in [0.05, 0.1) is 12.8 Å². The van der Waals surface area contributed by atoms with E-state index in [1.54, 1.807) is 18.9 Å². The summed E-state index contributed by atoms with van der Waals surface area (Å²) >= 11 is 1.59. The minimum atomic E-state index is 0.112. The first-order valence-electron chi connectivity index (χ1n) is 11.8. The predicted octanol–water partition coefficient (Wildman–Crippen LogP) is 4.47. The topological polar surface area (TPSA) is 63.5 Å². The van der Waals surface area contributed by atoms with Crippen LogP contribution in [-0.4, -0.2) is 70.3 Å². The smallest absolute Gasteiger partial charge is 0.254 e. The van der Waals surface area contributed by atoms with Crippen molar-refractivity contribution in [2.24, 2.45) is 0 Å². The second-order valence-corrected chi connectivity index (χ2v) is 9.62. The fourth-order valence-corrected chi connectivity index (χ4v) is 5.18. The van der Waals surface area contributed by atoms with Crippen molar-refractivity contribution in [1.82, 2.24) is 24.6 Å². The number of benzene rings is 2. The standard InChI is InChI=1S/C26H33N5O2S/c1-5-29-14-16-30(17-15-29)25(32)21-11-7-6-10-20(21)18-34-26-28-27-24(19(2)3)31(26)22-12-8-9-13-23(22)33-4/h6-13,19H,5,14-18H2,1-4H3. The van der Waals surface area contributed by atoms with Gasteiger partial charge in [-0.3, -0.25) is 9.36 Å². The number of ether oxygens (including phenoxy) is 1. The van der Waals surface area contributed by atoms with E-state index in [2.05, 4.69) is 40.4 Å². The molecule has 3 aromatic rings. The minimum absolute atomic E-state index is 0.112. The largest absolute Gasteiger partial charge is 0.495 e. The summed E-state index contributed by atoms with van der Waals surface area (Å²) in [6, 6.07) is 15.8. The first-order valence-corrected chi connectivity index (χ1v) is 12.8. The van der Waals surface area contributed by atoms with Gasteiger partial charge in [-0.25, -0.2) is 0 Å². The Balaban J connectivity index is 1.58. The van der Waals surface area contributed by atoms with Crippen molar-refractivity contribution >= 4 is 17.7 Å². The molecule has 1 aliphatic heterocycles. The first kappa shape index (κ1) is 24.3. The van der Waals surface area contributed by atoms with E-state index >= 15 is 0 Å². The normalized spacial score (nSPS) is 14.6. The van der Waals surface area contributed by atoms with Crippen LogP contribution < -0.4 is 4.74 Å². The molecule has 1 saturated heterocycles. The van der Waals surface area contributed by atoms with Crippen LogP contribution in [0.1, 0.15) is 48.4 Å². The molecule has 0 saturated carbocycles. The minimum Gasteiger partial charge on any atom is -0.495 e. The molecule has 0 atom stereocenters. The highest BCUT2D eigenvalue weighted by molar-refractivity contribution is 7.98. The van der Waals surface area contributed by atoms with Crippen LogP contribution in [0, 0.1) is 0 Å². The summed E-state index contributed by atoms with van der Waals surface area (Å²) in [7, 11) is 1.67. The Morgan fingerprint density at radius 2 is 1.74 bits per heavy atom. The van der Waals surface area contributed by atoms with Crippen LogP contribution in [0.2, 0.25) is 0 Å². The molecule has 0 aliphatic carbocycles. The van der Waals surface area contributed by atoms with Crippen LogP contribution in [0.3, 0.4) is 0 Å². The summed E-state index contributed by atoms with van der Waals surface area (Å²) in [4.78, 5) is 17.7. The number of aromatic nitrogens is 3. The lowest BCUT2D eigenvalue weighted by Gasteiger charge is -2.34. The molecule has 0 N–H and O–H groups in total. The molecular formula is C26H33N5O2S. The fourth-order valence-electron chi connectivity index (χ4n) is 4.22. The van der Waals surface area contributed by atoms with Gasteiger partial charge in [-0.05, 0) is 30.3 Å². The molecule has 7 nitrogen and oxygen atoms in total. The van der Waals surface area contributed by atoms with Gasteiger partial charge >= 0.3 is 0 Å². The molecule has 0 radical (unpaired) electrons. The molecular weight excluding hydrogens is 446 g/mol. The van der Waals surface area contributed by atoms with Gasteiger partial charge in [0, 0.05) is 43.4 Å². The zero-order valence-electron chi connectivity index (χ0n) is 20.4. The second-order valence-electron chi connectivity index (χ2n) is 8.68. The Hall–Kier alpha value is -2.84. The van der Waals surface area contributed by atoms with Crippen molar-refractivity contribution < 1.29 is 9.53 Å². The molecule has 1 aliphatic rings. The molecule has 180 valence electrons. The molecule has 8 heteroatoms. The van der Waals surface area contributed by atoms with E-state index < -0.39 is 0 Å². The van der Waals surface area contributed by atoms with Gasteiger partial charge < -0.3 is 14.5 Å². The Morgan fingerprint density at radius 3 is 2.44 bits per heavy atom. The van der Waals surface area contributed by atoms with E-state index in [-0.39, 0.29) is 11.8 Å². The van der Waals surface area contributed by atoms with E-state index in [0.717, 1.165) is 66.3 Å². The van der Waals surface area contributed by atoms with Crippen LogP contribution in [-0.2, 0) is 5.75 Å². The highest BCUT2D eigenvalue weighted by Gasteiger charge is 2.24. The Bertz CT molecular complexity index is 1120. The maximum Gasteiger partial charge on any atom is 0.254 e. The van der Waals surface area contributed by atoms with Crippen molar-refractivity contribution in [2.75, 3.05) is 39.8 Å². The summed E-state index contributed by atoms with van der Waals surface area (Å²) in [6.07, 6.45) is 0. The fraction of sp³-hybridized carbons (Fsp3) is 0.423. The second kappa shape index (κ2) is 11.1. The van der Waals surface area contributed by atoms with Crippen molar-refractivity contribution in [2.45, 2.75) is 37.6 Å². The molecule has 2 aromatic carbocycles. The molecule has 34 heavy (non-hydrogen) atoms. The number of thioether (sulfide) groups is 1. The van der Waals surface area contributed by atoms with Gasteiger partial charge in [0.25, 0.3) is 5.91 Å². The number of amides is 1. The van der Waals surface area contributed by atoms with Crippen molar-refractivity contribution in [3.63, 3.8) is 0 Å². The summed E-state index contributed by atoms with van der Waals surface area (Å²) in [5.41, 5.74) is 2.70.